The molecule has 106 valence electrons. The molecule has 0 aliphatic carbocycles. The second-order valence-electron chi connectivity index (χ2n) is 4.16. The number of carbonyl (C=O) groups excluding carboxylic acids is 1. The number of imidazole rings is 1. The maximum absolute atomic E-state index is 12.0. The maximum atomic E-state index is 12.0. The smallest absolute Gasteiger partial charge is 0.334 e. The number of methoxy groups -OCH3 is 1. The zero-order valence-electron chi connectivity index (χ0n) is 10.9. The normalized spacial score (nSPS) is 12.0. The van der Waals surface area contributed by atoms with Crippen molar-refractivity contribution in [1.29, 1.82) is 0 Å². The summed E-state index contributed by atoms with van der Waals surface area (Å²) in [5, 5.41) is 3.72. The van der Waals surface area contributed by atoms with E-state index in [0.717, 1.165) is 10.2 Å². The first-order valence-corrected chi connectivity index (χ1v) is 6.95. The van der Waals surface area contributed by atoms with Crippen LogP contribution >= 0.6 is 27.5 Å². The molecule has 0 fully saturated rings. The van der Waals surface area contributed by atoms with Crippen molar-refractivity contribution < 1.29 is 9.53 Å². The lowest BCUT2D eigenvalue weighted by Crippen LogP contribution is -2.24. The molecule has 1 aromatic heterocycles. The highest BCUT2D eigenvalue weighted by molar-refractivity contribution is 9.10. The summed E-state index contributed by atoms with van der Waals surface area (Å²) in [5.74, 6) is -0.389. The minimum absolute atomic E-state index is 0.389. The Morgan fingerprint density at radius 2 is 2.30 bits per heavy atom. The molecule has 0 aliphatic rings. The molecule has 5 nitrogen and oxygen atoms in total. The fraction of sp³-hybridized carbons (Fsp3) is 0.231. The fourth-order valence-electron chi connectivity index (χ4n) is 1.77. The Hall–Kier alpha value is -1.53. The van der Waals surface area contributed by atoms with Crippen molar-refractivity contribution in [2.75, 3.05) is 12.4 Å². The number of aromatic nitrogens is 2. The molecule has 1 heterocycles. The van der Waals surface area contributed by atoms with E-state index in [0.29, 0.717) is 10.7 Å². The van der Waals surface area contributed by atoms with Gasteiger partial charge in [-0.15, -0.1) is 0 Å². The number of benzene rings is 1. The van der Waals surface area contributed by atoms with Crippen molar-refractivity contribution in [2.24, 2.45) is 7.05 Å². The van der Waals surface area contributed by atoms with Crippen LogP contribution in [0.1, 0.15) is 11.7 Å². The highest BCUT2D eigenvalue weighted by Gasteiger charge is 2.24. The summed E-state index contributed by atoms with van der Waals surface area (Å²) in [7, 11) is 3.17. The van der Waals surface area contributed by atoms with Crippen LogP contribution in [0.5, 0.6) is 0 Å². The average molecular weight is 359 g/mol. The molecule has 20 heavy (non-hydrogen) atoms. The lowest BCUT2D eigenvalue weighted by atomic mass is 10.2. The second-order valence-corrected chi connectivity index (χ2v) is 5.42. The van der Waals surface area contributed by atoms with Gasteiger partial charge >= 0.3 is 5.97 Å². The van der Waals surface area contributed by atoms with Gasteiger partial charge in [0.25, 0.3) is 0 Å². The Kier molecular flexibility index (Phi) is 4.67. The molecule has 0 radical (unpaired) electrons. The third-order valence-electron chi connectivity index (χ3n) is 2.82. The van der Waals surface area contributed by atoms with Crippen molar-refractivity contribution in [3.63, 3.8) is 0 Å². The lowest BCUT2D eigenvalue weighted by molar-refractivity contribution is -0.141. The third-order valence-corrected chi connectivity index (χ3v) is 4.03. The van der Waals surface area contributed by atoms with Crippen molar-refractivity contribution in [2.45, 2.75) is 6.04 Å². The van der Waals surface area contributed by atoms with E-state index in [4.69, 9.17) is 16.3 Å². The first-order valence-electron chi connectivity index (χ1n) is 5.78. The minimum atomic E-state index is -0.638. The number of aryl methyl sites for hydroxylation is 1. The quantitative estimate of drug-likeness (QED) is 0.853. The first kappa shape index (κ1) is 14.9. The zero-order chi connectivity index (χ0) is 14.7. The molecule has 0 aliphatic heterocycles. The zero-order valence-corrected chi connectivity index (χ0v) is 13.3. The molecule has 0 bridgehead atoms. The Morgan fingerprint density at radius 1 is 1.55 bits per heavy atom. The van der Waals surface area contributed by atoms with Gasteiger partial charge in [-0.2, -0.15) is 0 Å². The number of carbonyl (C=O) groups is 1. The van der Waals surface area contributed by atoms with E-state index < -0.39 is 6.04 Å². The summed E-state index contributed by atoms with van der Waals surface area (Å²) < 4.78 is 7.35. The monoisotopic (exact) mass is 357 g/mol. The number of ether oxygens (including phenoxy) is 1. The number of nitrogens with one attached hydrogen (secondary N) is 1. The van der Waals surface area contributed by atoms with Crippen LogP contribution in [0.25, 0.3) is 0 Å². The third kappa shape index (κ3) is 3.13. The van der Waals surface area contributed by atoms with Gasteiger partial charge in [0.1, 0.15) is 0 Å². The standard InChI is InChI=1S/C13H13BrClN3O2/c1-18-7-16-6-11(18)12(13(19)20-2)17-8-3-4-10(15)9(14)5-8/h3-7,12,17H,1-2H3. The van der Waals surface area contributed by atoms with Crippen LogP contribution in [0.3, 0.4) is 0 Å². The summed E-state index contributed by atoms with van der Waals surface area (Å²) in [6.45, 7) is 0. The van der Waals surface area contributed by atoms with E-state index in [2.05, 4.69) is 26.2 Å². The van der Waals surface area contributed by atoms with Gasteiger partial charge in [0.05, 0.1) is 30.4 Å². The van der Waals surface area contributed by atoms with Gasteiger partial charge in [0.15, 0.2) is 6.04 Å². The first-order chi connectivity index (χ1) is 9.52. The van der Waals surface area contributed by atoms with Crippen molar-refractivity contribution in [3.05, 3.63) is 45.9 Å². The van der Waals surface area contributed by atoms with Crippen molar-refractivity contribution >= 4 is 39.2 Å². The minimum Gasteiger partial charge on any atom is -0.467 e. The maximum Gasteiger partial charge on any atom is 0.334 e. The van der Waals surface area contributed by atoms with Crippen LogP contribution < -0.4 is 5.32 Å². The van der Waals surface area contributed by atoms with E-state index in [1.54, 1.807) is 35.3 Å². The van der Waals surface area contributed by atoms with Crippen molar-refractivity contribution in [1.82, 2.24) is 9.55 Å². The van der Waals surface area contributed by atoms with Crippen LogP contribution in [0.4, 0.5) is 5.69 Å². The molecule has 1 unspecified atom stereocenters. The highest BCUT2D eigenvalue weighted by atomic mass is 79.9. The summed E-state index contributed by atoms with van der Waals surface area (Å²) in [6, 6.07) is 4.69. The van der Waals surface area contributed by atoms with Crippen LogP contribution in [-0.4, -0.2) is 22.6 Å². The lowest BCUT2D eigenvalue weighted by Gasteiger charge is -2.18. The van der Waals surface area contributed by atoms with Crippen molar-refractivity contribution in [3.8, 4) is 0 Å². The SMILES string of the molecule is COC(=O)C(Nc1ccc(Cl)c(Br)c1)c1cncn1C. The molecule has 1 atom stereocenters. The number of anilines is 1. The van der Waals surface area contributed by atoms with Crippen LogP contribution in [0, 0.1) is 0 Å². The molecule has 2 aromatic rings. The predicted molar refractivity (Wildman–Crippen MR) is 80.7 cm³/mol. The molecular weight excluding hydrogens is 346 g/mol. The van der Waals surface area contributed by atoms with Crippen LogP contribution in [0.2, 0.25) is 5.02 Å². The van der Waals surface area contributed by atoms with Gasteiger partial charge in [-0.3, -0.25) is 0 Å². The highest BCUT2D eigenvalue weighted by Crippen LogP contribution is 2.28. The predicted octanol–water partition coefficient (Wildman–Crippen LogP) is 3.16. The second kappa shape index (κ2) is 6.28. The fourth-order valence-corrected chi connectivity index (χ4v) is 2.27. The average Bonchev–Trinajstić information content (AvgIpc) is 2.85. The van der Waals surface area contributed by atoms with Gasteiger partial charge in [-0.05, 0) is 34.1 Å². The molecule has 0 amide bonds. The summed E-state index contributed by atoms with van der Waals surface area (Å²) >= 11 is 9.30. The van der Waals surface area contributed by atoms with Gasteiger partial charge in [-0.1, -0.05) is 11.6 Å². The van der Waals surface area contributed by atoms with E-state index in [1.807, 2.05) is 7.05 Å². The number of hydrogen-bond acceptors (Lipinski definition) is 4. The Balaban J connectivity index is 2.31. The molecule has 1 aromatic carbocycles. The van der Waals surface area contributed by atoms with Gasteiger partial charge in [0, 0.05) is 17.2 Å². The number of esters is 1. The van der Waals surface area contributed by atoms with E-state index in [1.165, 1.54) is 7.11 Å². The number of hydrogen-bond donors (Lipinski definition) is 1. The number of halogens is 2. The van der Waals surface area contributed by atoms with Gasteiger partial charge < -0.3 is 14.6 Å². The summed E-state index contributed by atoms with van der Waals surface area (Å²) in [5.41, 5.74) is 1.46. The topological polar surface area (TPSA) is 56.1 Å². The van der Waals surface area contributed by atoms with E-state index in [9.17, 15) is 4.79 Å². The van der Waals surface area contributed by atoms with E-state index >= 15 is 0 Å². The van der Waals surface area contributed by atoms with Crippen LogP contribution in [0.15, 0.2) is 35.2 Å². The van der Waals surface area contributed by atoms with E-state index in [-0.39, 0.29) is 5.97 Å². The Bertz CT molecular complexity index is 630. The number of rotatable bonds is 4. The van der Waals surface area contributed by atoms with Gasteiger partial charge in [-0.25, -0.2) is 9.78 Å². The summed E-state index contributed by atoms with van der Waals surface area (Å²) in [4.78, 5) is 16.0. The number of nitrogens with zero attached hydrogens (tertiary/aromatic N) is 2. The van der Waals surface area contributed by atoms with Crippen LogP contribution in [-0.2, 0) is 16.6 Å². The molecule has 0 spiro atoms. The molecule has 0 saturated carbocycles. The van der Waals surface area contributed by atoms with Gasteiger partial charge in [0.2, 0.25) is 0 Å². The molecule has 1 N–H and O–H groups in total. The molecule has 2 rings (SSSR count). The molecule has 0 saturated heterocycles. The largest absolute Gasteiger partial charge is 0.467 e. The Morgan fingerprint density at radius 3 is 2.85 bits per heavy atom. The molecular formula is C13H13BrClN3O2. The summed E-state index contributed by atoms with van der Waals surface area (Å²) in [6.07, 6.45) is 3.25. The Labute approximate surface area is 130 Å². The molecule has 7 heteroatoms.